The minimum Gasteiger partial charge on any atom is -0.376 e. The molecule has 2 aliphatic heterocycles. The van der Waals surface area contributed by atoms with Gasteiger partial charge < -0.3 is 9.64 Å². The summed E-state index contributed by atoms with van der Waals surface area (Å²) in [6.45, 7) is 3.79. The first-order valence-electron chi connectivity index (χ1n) is 11.8. The van der Waals surface area contributed by atoms with E-state index in [0.717, 1.165) is 45.3 Å². The van der Waals surface area contributed by atoms with Crippen molar-refractivity contribution in [2.24, 2.45) is 11.3 Å². The van der Waals surface area contributed by atoms with Crippen LogP contribution in [-0.4, -0.2) is 54.9 Å². The molecule has 3 fully saturated rings. The molecule has 5 nitrogen and oxygen atoms in total. The molecule has 5 heteroatoms. The molecule has 30 heavy (non-hydrogen) atoms. The van der Waals surface area contributed by atoms with Gasteiger partial charge in [0.25, 0.3) is 0 Å². The van der Waals surface area contributed by atoms with Crippen LogP contribution in [-0.2, 0) is 14.3 Å². The van der Waals surface area contributed by atoms with Crippen LogP contribution in [0.25, 0.3) is 0 Å². The lowest BCUT2D eigenvalue weighted by Gasteiger charge is -2.37. The molecule has 4 aliphatic rings. The Hall–Kier alpha value is -1.72. The number of carbonyl (C=O) groups is 2. The Kier molecular flexibility index (Phi) is 5.44. The maximum absolute atomic E-state index is 12.6. The van der Waals surface area contributed by atoms with E-state index in [-0.39, 0.29) is 23.3 Å². The Labute approximate surface area is 179 Å². The highest BCUT2D eigenvalue weighted by atomic mass is 16.5. The quantitative estimate of drug-likeness (QED) is 0.527. The summed E-state index contributed by atoms with van der Waals surface area (Å²) in [5.74, 6) is 1.26. The molecular weight excluding hydrogens is 376 g/mol. The number of carbonyl (C=O) groups excluding carboxylic acids is 2. The first-order chi connectivity index (χ1) is 14.6. The average molecular weight is 411 g/mol. The van der Waals surface area contributed by atoms with Crippen LogP contribution < -0.4 is 0 Å². The molecule has 1 aromatic rings. The van der Waals surface area contributed by atoms with Gasteiger partial charge >= 0.3 is 0 Å². The Bertz CT molecular complexity index is 796. The number of rotatable bonds is 6. The van der Waals surface area contributed by atoms with Crippen molar-refractivity contribution in [2.75, 3.05) is 33.3 Å². The molecular formula is C25H34N2O3. The summed E-state index contributed by atoms with van der Waals surface area (Å²) in [6.07, 6.45) is 7.78. The fourth-order valence-corrected chi connectivity index (χ4v) is 6.74. The Morgan fingerprint density at radius 1 is 0.967 bits per heavy atom. The molecule has 2 amide bonds. The van der Waals surface area contributed by atoms with Gasteiger partial charge in [-0.2, -0.15) is 0 Å². The van der Waals surface area contributed by atoms with E-state index in [1.54, 1.807) is 4.90 Å². The number of methoxy groups -OCH3 is 1. The summed E-state index contributed by atoms with van der Waals surface area (Å²) in [6, 6.07) is 8.73. The van der Waals surface area contributed by atoms with Crippen molar-refractivity contribution < 1.29 is 14.3 Å². The van der Waals surface area contributed by atoms with Crippen molar-refractivity contribution in [3.8, 4) is 0 Å². The number of piperidine rings is 1. The van der Waals surface area contributed by atoms with Crippen LogP contribution in [0.4, 0.5) is 0 Å². The van der Waals surface area contributed by atoms with E-state index in [0.29, 0.717) is 31.2 Å². The maximum atomic E-state index is 12.6. The maximum Gasteiger partial charge on any atom is 0.229 e. The Morgan fingerprint density at radius 2 is 1.63 bits per heavy atom. The lowest BCUT2D eigenvalue weighted by molar-refractivity contribution is -0.153. The molecule has 5 rings (SSSR count). The summed E-state index contributed by atoms with van der Waals surface area (Å²) in [4.78, 5) is 29.3. The van der Waals surface area contributed by atoms with E-state index in [1.165, 1.54) is 24.0 Å². The highest BCUT2D eigenvalue weighted by Gasteiger charge is 2.46. The standard InChI is InChI=1S/C25H34N2O3/c1-30-24-19-9-3-2-8-18(19)20-16-26(17-21(20)24)12-6-7-13-27-22(28)14-25(15-23(27)29)10-4-5-11-25/h2-3,8-9,20-21,24H,4-7,10-17H2,1H3. The van der Waals surface area contributed by atoms with Gasteiger partial charge in [0.15, 0.2) is 0 Å². The van der Waals surface area contributed by atoms with Gasteiger partial charge in [0, 0.05) is 51.4 Å². The number of fused-ring (bicyclic) bond motifs is 3. The molecule has 3 atom stereocenters. The molecule has 2 aliphatic carbocycles. The lowest BCUT2D eigenvalue weighted by atomic mass is 9.76. The molecule has 1 saturated carbocycles. The summed E-state index contributed by atoms with van der Waals surface area (Å²) in [5.41, 5.74) is 2.84. The van der Waals surface area contributed by atoms with Gasteiger partial charge in [-0.3, -0.25) is 14.5 Å². The van der Waals surface area contributed by atoms with Gasteiger partial charge in [-0.05, 0) is 48.8 Å². The van der Waals surface area contributed by atoms with Crippen LogP contribution in [0.15, 0.2) is 24.3 Å². The first-order valence-corrected chi connectivity index (χ1v) is 11.8. The molecule has 162 valence electrons. The molecule has 3 unspecified atom stereocenters. The largest absolute Gasteiger partial charge is 0.376 e. The number of unbranched alkanes of at least 4 members (excludes halogenated alkanes) is 1. The monoisotopic (exact) mass is 410 g/mol. The zero-order chi connectivity index (χ0) is 20.7. The molecule has 2 heterocycles. The number of hydrogen-bond donors (Lipinski definition) is 0. The van der Waals surface area contributed by atoms with E-state index < -0.39 is 0 Å². The van der Waals surface area contributed by atoms with Crippen molar-refractivity contribution >= 4 is 11.8 Å². The van der Waals surface area contributed by atoms with Crippen molar-refractivity contribution in [3.05, 3.63) is 35.4 Å². The van der Waals surface area contributed by atoms with Crippen LogP contribution in [0.3, 0.4) is 0 Å². The van der Waals surface area contributed by atoms with Crippen LogP contribution in [0.2, 0.25) is 0 Å². The number of likely N-dealkylation sites (tertiary alicyclic amines) is 2. The summed E-state index contributed by atoms with van der Waals surface area (Å²) in [7, 11) is 1.83. The molecule has 0 bridgehead atoms. The number of benzene rings is 1. The van der Waals surface area contributed by atoms with Crippen molar-refractivity contribution in [2.45, 2.75) is 63.4 Å². The van der Waals surface area contributed by atoms with Crippen LogP contribution in [0, 0.1) is 11.3 Å². The predicted octanol–water partition coefficient (Wildman–Crippen LogP) is 3.89. The lowest BCUT2D eigenvalue weighted by Crippen LogP contribution is -2.47. The van der Waals surface area contributed by atoms with E-state index in [1.807, 2.05) is 7.11 Å². The second-order valence-electron chi connectivity index (χ2n) is 10.0. The number of imide groups is 1. The molecule has 1 aromatic carbocycles. The highest BCUT2D eigenvalue weighted by molar-refractivity contribution is 5.98. The van der Waals surface area contributed by atoms with Gasteiger partial charge in [-0.1, -0.05) is 37.1 Å². The predicted molar refractivity (Wildman–Crippen MR) is 115 cm³/mol. The zero-order valence-electron chi connectivity index (χ0n) is 18.1. The topological polar surface area (TPSA) is 49.9 Å². The molecule has 0 radical (unpaired) electrons. The van der Waals surface area contributed by atoms with E-state index >= 15 is 0 Å². The Balaban J connectivity index is 1.10. The molecule has 2 saturated heterocycles. The second-order valence-corrected chi connectivity index (χ2v) is 10.0. The van der Waals surface area contributed by atoms with E-state index in [2.05, 4.69) is 29.2 Å². The smallest absolute Gasteiger partial charge is 0.229 e. The molecule has 0 N–H and O–H groups in total. The van der Waals surface area contributed by atoms with Gasteiger partial charge in [0.2, 0.25) is 11.8 Å². The van der Waals surface area contributed by atoms with Crippen LogP contribution >= 0.6 is 0 Å². The van der Waals surface area contributed by atoms with Gasteiger partial charge in [-0.25, -0.2) is 0 Å². The highest BCUT2D eigenvalue weighted by Crippen LogP contribution is 2.50. The van der Waals surface area contributed by atoms with E-state index in [9.17, 15) is 9.59 Å². The van der Waals surface area contributed by atoms with E-state index in [4.69, 9.17) is 4.74 Å². The van der Waals surface area contributed by atoms with Gasteiger partial charge in [0.1, 0.15) is 0 Å². The molecule has 1 spiro atoms. The fraction of sp³-hybridized carbons (Fsp3) is 0.680. The van der Waals surface area contributed by atoms with Gasteiger partial charge in [0.05, 0.1) is 6.10 Å². The number of nitrogens with zero attached hydrogens (tertiary/aromatic N) is 2. The zero-order valence-corrected chi connectivity index (χ0v) is 18.1. The third kappa shape index (κ3) is 3.50. The summed E-state index contributed by atoms with van der Waals surface area (Å²) < 4.78 is 5.86. The number of ether oxygens (including phenoxy) is 1. The average Bonchev–Trinajstić information content (AvgIpc) is 3.41. The minimum absolute atomic E-state index is 0.00614. The number of hydrogen-bond acceptors (Lipinski definition) is 4. The van der Waals surface area contributed by atoms with Crippen molar-refractivity contribution in [1.82, 2.24) is 9.80 Å². The van der Waals surface area contributed by atoms with Crippen LogP contribution in [0.5, 0.6) is 0 Å². The fourth-order valence-electron chi connectivity index (χ4n) is 6.74. The SMILES string of the molecule is COC1c2ccccc2C2CN(CCCCN3C(=O)CC4(CCCC4)CC3=O)CC21. The number of amides is 2. The van der Waals surface area contributed by atoms with Crippen molar-refractivity contribution in [1.29, 1.82) is 0 Å². The minimum atomic E-state index is 0.00614. The van der Waals surface area contributed by atoms with Crippen LogP contribution in [0.1, 0.15) is 74.5 Å². The normalized spacial score (nSPS) is 30.3. The third-order valence-electron chi connectivity index (χ3n) is 8.21. The van der Waals surface area contributed by atoms with Crippen molar-refractivity contribution in [3.63, 3.8) is 0 Å². The second kappa shape index (κ2) is 8.08. The third-order valence-corrected chi connectivity index (χ3v) is 8.21. The first kappa shape index (κ1) is 20.2. The summed E-state index contributed by atoms with van der Waals surface area (Å²) in [5, 5.41) is 0. The van der Waals surface area contributed by atoms with Gasteiger partial charge in [-0.15, -0.1) is 0 Å². The summed E-state index contributed by atoms with van der Waals surface area (Å²) >= 11 is 0. The molecule has 0 aromatic heterocycles. The Morgan fingerprint density at radius 3 is 2.33 bits per heavy atom.